The van der Waals surface area contributed by atoms with Gasteiger partial charge in [0.1, 0.15) is 6.04 Å². The van der Waals surface area contributed by atoms with E-state index in [-0.39, 0.29) is 11.9 Å². The molecule has 1 aromatic heterocycles. The van der Waals surface area contributed by atoms with E-state index in [2.05, 4.69) is 10.4 Å². The van der Waals surface area contributed by atoms with Crippen molar-refractivity contribution in [1.82, 2.24) is 9.78 Å². The SMILES string of the molecule is Cc1ccccc1NC(=O)C(C)n1nc(C)c2ccccc21. The number of anilines is 1. The number of fused-ring (bicyclic) bond motifs is 1. The smallest absolute Gasteiger partial charge is 0.248 e. The Morgan fingerprint density at radius 1 is 1.09 bits per heavy atom. The van der Waals surface area contributed by atoms with Crippen molar-refractivity contribution in [3.63, 3.8) is 0 Å². The van der Waals surface area contributed by atoms with Gasteiger partial charge in [-0.05, 0) is 38.5 Å². The van der Waals surface area contributed by atoms with Gasteiger partial charge in [0.25, 0.3) is 0 Å². The van der Waals surface area contributed by atoms with Gasteiger partial charge in [-0.2, -0.15) is 5.10 Å². The summed E-state index contributed by atoms with van der Waals surface area (Å²) in [5.74, 6) is -0.0671. The van der Waals surface area contributed by atoms with Crippen LogP contribution in [-0.2, 0) is 4.79 Å². The molecule has 4 heteroatoms. The van der Waals surface area contributed by atoms with Gasteiger partial charge in [0.05, 0.1) is 11.2 Å². The Morgan fingerprint density at radius 2 is 1.77 bits per heavy atom. The minimum atomic E-state index is -0.377. The first-order valence-corrected chi connectivity index (χ1v) is 7.38. The van der Waals surface area contributed by atoms with Crippen LogP contribution >= 0.6 is 0 Å². The quantitative estimate of drug-likeness (QED) is 0.797. The Labute approximate surface area is 129 Å². The zero-order valence-electron chi connectivity index (χ0n) is 13.0. The van der Waals surface area contributed by atoms with Gasteiger partial charge in [-0.3, -0.25) is 9.48 Å². The second kappa shape index (κ2) is 5.64. The van der Waals surface area contributed by atoms with Crippen LogP contribution in [0.4, 0.5) is 5.69 Å². The number of nitrogens with one attached hydrogen (secondary N) is 1. The maximum absolute atomic E-state index is 12.5. The van der Waals surface area contributed by atoms with Crippen LogP contribution in [0.1, 0.15) is 24.2 Å². The maximum Gasteiger partial charge on any atom is 0.248 e. The number of hydrogen-bond acceptors (Lipinski definition) is 2. The molecule has 0 spiro atoms. The summed E-state index contributed by atoms with van der Waals surface area (Å²) >= 11 is 0. The number of benzene rings is 2. The first-order chi connectivity index (χ1) is 10.6. The fraction of sp³-hybridized carbons (Fsp3) is 0.222. The van der Waals surface area contributed by atoms with E-state index in [9.17, 15) is 4.79 Å². The number of nitrogens with zero attached hydrogens (tertiary/aromatic N) is 2. The molecule has 0 bridgehead atoms. The zero-order chi connectivity index (χ0) is 15.7. The van der Waals surface area contributed by atoms with E-state index in [0.717, 1.165) is 27.8 Å². The lowest BCUT2D eigenvalue weighted by Gasteiger charge is -2.15. The Balaban J connectivity index is 1.91. The fourth-order valence-electron chi connectivity index (χ4n) is 2.61. The number of carbonyl (C=O) groups excluding carboxylic acids is 1. The minimum absolute atomic E-state index is 0.0671. The van der Waals surface area contributed by atoms with Crippen molar-refractivity contribution in [2.45, 2.75) is 26.8 Å². The van der Waals surface area contributed by atoms with Gasteiger partial charge < -0.3 is 5.32 Å². The van der Waals surface area contributed by atoms with Crippen LogP contribution < -0.4 is 5.32 Å². The minimum Gasteiger partial charge on any atom is -0.324 e. The van der Waals surface area contributed by atoms with Crippen molar-refractivity contribution in [2.75, 3.05) is 5.32 Å². The van der Waals surface area contributed by atoms with Crippen molar-refractivity contribution in [3.8, 4) is 0 Å². The van der Waals surface area contributed by atoms with Crippen molar-refractivity contribution in [1.29, 1.82) is 0 Å². The highest BCUT2D eigenvalue weighted by Gasteiger charge is 2.19. The van der Waals surface area contributed by atoms with Gasteiger partial charge in [0.15, 0.2) is 0 Å². The van der Waals surface area contributed by atoms with Crippen molar-refractivity contribution in [3.05, 3.63) is 59.8 Å². The Morgan fingerprint density at radius 3 is 2.55 bits per heavy atom. The lowest BCUT2D eigenvalue weighted by molar-refractivity contribution is -0.119. The van der Waals surface area contributed by atoms with E-state index in [1.165, 1.54) is 0 Å². The number of hydrogen-bond donors (Lipinski definition) is 1. The Hall–Kier alpha value is -2.62. The highest BCUT2D eigenvalue weighted by atomic mass is 16.2. The van der Waals surface area contributed by atoms with E-state index in [0.29, 0.717) is 0 Å². The molecule has 4 nitrogen and oxygen atoms in total. The summed E-state index contributed by atoms with van der Waals surface area (Å²) in [6.45, 7) is 5.81. The van der Waals surface area contributed by atoms with Gasteiger partial charge in [-0.1, -0.05) is 36.4 Å². The molecular formula is C18H19N3O. The van der Waals surface area contributed by atoms with Gasteiger partial charge in [-0.15, -0.1) is 0 Å². The predicted octanol–water partition coefficient (Wildman–Crippen LogP) is 3.85. The average Bonchev–Trinajstić information content (AvgIpc) is 2.86. The normalized spacial score (nSPS) is 12.3. The summed E-state index contributed by atoms with van der Waals surface area (Å²) in [6.07, 6.45) is 0. The molecule has 22 heavy (non-hydrogen) atoms. The second-order valence-corrected chi connectivity index (χ2v) is 5.53. The van der Waals surface area contributed by atoms with E-state index < -0.39 is 0 Å². The maximum atomic E-state index is 12.5. The van der Waals surface area contributed by atoms with Crippen molar-refractivity contribution >= 4 is 22.5 Å². The predicted molar refractivity (Wildman–Crippen MR) is 89.0 cm³/mol. The first kappa shape index (κ1) is 14.3. The van der Waals surface area contributed by atoms with Gasteiger partial charge in [-0.25, -0.2) is 0 Å². The molecule has 0 radical (unpaired) electrons. The van der Waals surface area contributed by atoms with Gasteiger partial charge in [0.2, 0.25) is 5.91 Å². The molecule has 1 N–H and O–H groups in total. The Kier molecular flexibility index (Phi) is 3.67. The summed E-state index contributed by atoms with van der Waals surface area (Å²) in [4.78, 5) is 12.5. The first-order valence-electron chi connectivity index (χ1n) is 7.38. The molecule has 0 aliphatic heterocycles. The lowest BCUT2D eigenvalue weighted by atomic mass is 10.2. The number of rotatable bonds is 3. The fourth-order valence-corrected chi connectivity index (χ4v) is 2.61. The van der Waals surface area contributed by atoms with Crippen LogP contribution in [0.15, 0.2) is 48.5 Å². The van der Waals surface area contributed by atoms with Crippen molar-refractivity contribution in [2.24, 2.45) is 0 Å². The van der Waals surface area contributed by atoms with E-state index in [1.54, 1.807) is 4.68 Å². The van der Waals surface area contributed by atoms with Gasteiger partial charge >= 0.3 is 0 Å². The number of aryl methyl sites for hydroxylation is 2. The third-order valence-electron chi connectivity index (χ3n) is 3.95. The highest BCUT2D eigenvalue weighted by molar-refractivity contribution is 5.95. The summed E-state index contributed by atoms with van der Waals surface area (Å²) in [5.41, 5.74) is 3.80. The molecule has 1 amide bonds. The molecule has 0 fully saturated rings. The molecule has 3 aromatic rings. The van der Waals surface area contributed by atoms with Crippen LogP contribution in [0.5, 0.6) is 0 Å². The van der Waals surface area contributed by atoms with E-state index >= 15 is 0 Å². The van der Waals surface area contributed by atoms with Gasteiger partial charge in [0, 0.05) is 11.1 Å². The van der Waals surface area contributed by atoms with E-state index in [4.69, 9.17) is 0 Å². The number of amides is 1. The second-order valence-electron chi connectivity index (χ2n) is 5.53. The summed E-state index contributed by atoms with van der Waals surface area (Å²) in [7, 11) is 0. The largest absolute Gasteiger partial charge is 0.324 e. The molecule has 1 heterocycles. The molecule has 0 aliphatic carbocycles. The number of para-hydroxylation sites is 2. The monoisotopic (exact) mass is 293 g/mol. The third-order valence-corrected chi connectivity index (χ3v) is 3.95. The summed E-state index contributed by atoms with van der Waals surface area (Å²) in [6, 6.07) is 15.4. The Bertz CT molecular complexity index is 835. The molecule has 2 aromatic carbocycles. The van der Waals surface area contributed by atoms with E-state index in [1.807, 2.05) is 69.3 Å². The highest BCUT2D eigenvalue weighted by Crippen LogP contribution is 2.22. The van der Waals surface area contributed by atoms with Crippen LogP contribution in [0, 0.1) is 13.8 Å². The van der Waals surface area contributed by atoms with Crippen LogP contribution in [0.25, 0.3) is 10.9 Å². The zero-order valence-corrected chi connectivity index (χ0v) is 13.0. The molecule has 0 aliphatic rings. The third kappa shape index (κ3) is 2.48. The molecule has 1 atom stereocenters. The molecule has 1 unspecified atom stereocenters. The molecular weight excluding hydrogens is 274 g/mol. The topological polar surface area (TPSA) is 46.9 Å². The molecule has 112 valence electrons. The van der Waals surface area contributed by atoms with Crippen molar-refractivity contribution < 1.29 is 4.79 Å². The number of aromatic nitrogens is 2. The lowest BCUT2D eigenvalue weighted by Crippen LogP contribution is -2.24. The average molecular weight is 293 g/mol. The summed E-state index contributed by atoms with van der Waals surface area (Å²) in [5, 5.41) is 8.59. The summed E-state index contributed by atoms with van der Waals surface area (Å²) < 4.78 is 1.79. The molecule has 0 saturated carbocycles. The molecule has 0 saturated heterocycles. The molecule has 3 rings (SSSR count). The van der Waals surface area contributed by atoms with Crippen LogP contribution in [0.3, 0.4) is 0 Å². The van der Waals surface area contributed by atoms with Crippen LogP contribution in [-0.4, -0.2) is 15.7 Å². The van der Waals surface area contributed by atoms with Crippen LogP contribution in [0.2, 0.25) is 0 Å². The number of carbonyl (C=O) groups is 1. The standard InChI is InChI=1S/C18H19N3O/c1-12-8-4-6-10-16(12)19-18(22)14(3)21-17-11-7-5-9-15(17)13(2)20-21/h4-11,14H,1-3H3,(H,19,22).